The molecule has 4 N–H and O–H groups in total. The van der Waals surface area contributed by atoms with Gasteiger partial charge in [0.25, 0.3) is 5.97 Å². The Balaban J connectivity index is 0.000000308. The van der Waals surface area contributed by atoms with Crippen LogP contribution in [-0.2, 0) is 4.79 Å². The molecule has 0 bridgehead atoms. The van der Waals surface area contributed by atoms with Gasteiger partial charge in [-0.05, 0) is 25.0 Å². The predicted octanol–water partition coefficient (Wildman–Crippen LogP) is 1.76. The molecule has 0 amide bonds. The number of hydrogen-bond donors (Lipinski definition) is 4. The molecule has 2 atom stereocenters. The lowest BCUT2D eigenvalue weighted by atomic mass is 9.95. The van der Waals surface area contributed by atoms with Gasteiger partial charge in [-0.25, -0.2) is 4.79 Å². The first-order chi connectivity index (χ1) is 9.84. The van der Waals surface area contributed by atoms with E-state index in [1.165, 1.54) is 0 Å². The Bertz CT molecular complexity index is 403. The average Bonchev–Trinajstić information content (AvgIpc) is 2.43. The maximum absolute atomic E-state index is 10.2. The van der Waals surface area contributed by atoms with Crippen LogP contribution in [0.2, 0.25) is 0 Å². The number of carboxylic acids is 2. The van der Waals surface area contributed by atoms with E-state index in [0.29, 0.717) is 5.56 Å². The predicted molar refractivity (Wildman–Crippen MR) is 77.2 cm³/mol. The molecule has 0 saturated heterocycles. The Morgan fingerprint density at radius 2 is 1.33 bits per heavy atom. The fourth-order valence-corrected chi connectivity index (χ4v) is 1.67. The summed E-state index contributed by atoms with van der Waals surface area (Å²) in [6.45, 7) is 1.08. The lowest BCUT2D eigenvalue weighted by Crippen LogP contribution is -2.28. The van der Waals surface area contributed by atoms with Crippen LogP contribution in [0, 0.1) is 0 Å². The van der Waals surface area contributed by atoms with Crippen molar-refractivity contribution in [2.45, 2.75) is 44.8 Å². The van der Waals surface area contributed by atoms with E-state index >= 15 is 0 Å². The highest BCUT2D eigenvalue weighted by molar-refractivity contribution is 5.87. The number of carboxylic acid groups (broad SMARTS) is 2. The molecule has 6 nitrogen and oxygen atoms in total. The van der Waals surface area contributed by atoms with Gasteiger partial charge in [-0.2, -0.15) is 0 Å². The molecule has 1 aromatic rings. The van der Waals surface area contributed by atoms with E-state index < -0.39 is 24.1 Å². The highest BCUT2D eigenvalue weighted by Crippen LogP contribution is 2.17. The first-order valence-electron chi connectivity index (χ1n) is 6.68. The normalized spacial score (nSPS) is 20.1. The fraction of sp³-hybridized carbons (Fsp3) is 0.467. The molecule has 1 fully saturated rings. The van der Waals surface area contributed by atoms with Crippen molar-refractivity contribution in [3.05, 3.63) is 35.9 Å². The largest absolute Gasteiger partial charge is 0.481 e. The second kappa shape index (κ2) is 10.8. The number of aliphatic hydroxyl groups is 2. The lowest BCUT2D eigenvalue weighted by Gasteiger charge is -2.22. The van der Waals surface area contributed by atoms with Crippen LogP contribution in [0.3, 0.4) is 0 Å². The third-order valence-corrected chi connectivity index (χ3v) is 2.71. The second-order valence-electron chi connectivity index (χ2n) is 4.61. The summed E-state index contributed by atoms with van der Waals surface area (Å²) in [7, 11) is 0. The summed E-state index contributed by atoms with van der Waals surface area (Å²) in [6.07, 6.45) is 2.81. The molecule has 1 saturated carbocycles. The Labute approximate surface area is 123 Å². The topological polar surface area (TPSA) is 115 Å². The summed E-state index contributed by atoms with van der Waals surface area (Å²) in [4.78, 5) is 19.2. The Hall–Kier alpha value is -1.92. The van der Waals surface area contributed by atoms with E-state index in [2.05, 4.69) is 0 Å². The van der Waals surface area contributed by atoms with Crippen molar-refractivity contribution in [2.75, 3.05) is 0 Å². The van der Waals surface area contributed by atoms with Crippen molar-refractivity contribution in [1.29, 1.82) is 0 Å². The number of carbonyl (C=O) groups is 2. The molecule has 0 unspecified atom stereocenters. The van der Waals surface area contributed by atoms with Crippen molar-refractivity contribution in [3.8, 4) is 0 Å². The Kier molecular flexibility index (Phi) is 9.83. The van der Waals surface area contributed by atoms with Crippen LogP contribution in [0.25, 0.3) is 0 Å². The Morgan fingerprint density at radius 3 is 1.57 bits per heavy atom. The molecule has 21 heavy (non-hydrogen) atoms. The quantitative estimate of drug-likeness (QED) is 0.628. The monoisotopic (exact) mass is 298 g/mol. The van der Waals surface area contributed by atoms with Crippen LogP contribution in [0.1, 0.15) is 43.0 Å². The molecule has 2 rings (SSSR count). The van der Waals surface area contributed by atoms with Crippen LogP contribution in [-0.4, -0.2) is 44.6 Å². The Morgan fingerprint density at radius 1 is 0.952 bits per heavy atom. The molecule has 0 spiro atoms. The van der Waals surface area contributed by atoms with Crippen LogP contribution < -0.4 is 0 Å². The number of hydrogen-bond acceptors (Lipinski definition) is 4. The summed E-state index contributed by atoms with van der Waals surface area (Å²) >= 11 is 0. The average molecular weight is 298 g/mol. The summed E-state index contributed by atoms with van der Waals surface area (Å²) in [5.74, 6) is -1.71. The van der Waals surface area contributed by atoms with Crippen molar-refractivity contribution in [3.63, 3.8) is 0 Å². The standard InChI is InChI=1S/C7H6O2.C6H12O2.C2H4O2/c8-7(9)6-4-2-1-3-5-6;7-5-3-1-2-4-6(5)8;1-2(3)4/h1-5H,(H,8,9);5-8H,1-4H2;1H3,(H,3,4)/t;5-,6-;/m.1./s1. The number of aliphatic carboxylic acids is 1. The van der Waals surface area contributed by atoms with E-state index in [1.54, 1.807) is 30.3 Å². The molecule has 0 radical (unpaired) electrons. The lowest BCUT2D eigenvalue weighted by molar-refractivity contribution is -0.134. The zero-order valence-electron chi connectivity index (χ0n) is 12.0. The van der Waals surface area contributed by atoms with Crippen molar-refractivity contribution in [2.24, 2.45) is 0 Å². The third kappa shape index (κ3) is 10.5. The van der Waals surface area contributed by atoms with Gasteiger partial charge in [0, 0.05) is 6.92 Å². The summed E-state index contributed by atoms with van der Waals surface area (Å²) in [5, 5.41) is 33.7. The van der Waals surface area contributed by atoms with Crippen molar-refractivity contribution in [1.82, 2.24) is 0 Å². The number of rotatable bonds is 1. The zero-order valence-corrected chi connectivity index (χ0v) is 12.0. The minimum Gasteiger partial charge on any atom is -0.481 e. The van der Waals surface area contributed by atoms with Gasteiger partial charge < -0.3 is 20.4 Å². The van der Waals surface area contributed by atoms with Crippen molar-refractivity contribution >= 4 is 11.9 Å². The van der Waals surface area contributed by atoms with Gasteiger partial charge in [-0.3, -0.25) is 4.79 Å². The minimum absolute atomic E-state index is 0.331. The molecule has 0 aliphatic heterocycles. The summed E-state index contributed by atoms with van der Waals surface area (Å²) in [5.41, 5.74) is 0.331. The van der Waals surface area contributed by atoms with Gasteiger partial charge >= 0.3 is 5.97 Å². The smallest absolute Gasteiger partial charge is 0.335 e. The molecular formula is C15H22O6. The van der Waals surface area contributed by atoms with Gasteiger partial charge in [-0.15, -0.1) is 0 Å². The van der Waals surface area contributed by atoms with Crippen LogP contribution in [0.4, 0.5) is 0 Å². The van der Waals surface area contributed by atoms with E-state index in [1.807, 2.05) is 0 Å². The summed E-state index contributed by atoms with van der Waals surface area (Å²) < 4.78 is 0. The molecule has 1 aromatic carbocycles. The molecule has 0 heterocycles. The van der Waals surface area contributed by atoms with Gasteiger partial charge in [0.15, 0.2) is 0 Å². The van der Waals surface area contributed by atoms with Crippen molar-refractivity contribution < 1.29 is 30.0 Å². The van der Waals surface area contributed by atoms with E-state index in [9.17, 15) is 4.79 Å². The van der Waals surface area contributed by atoms with Gasteiger partial charge in [-0.1, -0.05) is 31.0 Å². The first-order valence-corrected chi connectivity index (χ1v) is 6.68. The molecule has 6 heteroatoms. The zero-order chi connectivity index (χ0) is 16.3. The van der Waals surface area contributed by atoms with Gasteiger partial charge in [0.05, 0.1) is 17.8 Å². The van der Waals surface area contributed by atoms with Crippen LogP contribution >= 0.6 is 0 Å². The maximum Gasteiger partial charge on any atom is 0.335 e. The number of benzene rings is 1. The third-order valence-electron chi connectivity index (χ3n) is 2.71. The highest BCUT2D eigenvalue weighted by Gasteiger charge is 2.19. The van der Waals surface area contributed by atoms with Gasteiger partial charge in [0.1, 0.15) is 0 Å². The molecule has 118 valence electrons. The highest BCUT2D eigenvalue weighted by atomic mass is 16.4. The van der Waals surface area contributed by atoms with Crippen LogP contribution in [0.5, 0.6) is 0 Å². The van der Waals surface area contributed by atoms with Crippen LogP contribution in [0.15, 0.2) is 30.3 Å². The molecular weight excluding hydrogens is 276 g/mol. The minimum atomic E-state index is -0.879. The van der Waals surface area contributed by atoms with E-state index in [0.717, 1.165) is 32.6 Å². The molecule has 1 aliphatic carbocycles. The number of aromatic carboxylic acids is 1. The number of aliphatic hydroxyl groups excluding tert-OH is 2. The maximum atomic E-state index is 10.2. The second-order valence-corrected chi connectivity index (χ2v) is 4.61. The van der Waals surface area contributed by atoms with Gasteiger partial charge in [0.2, 0.25) is 0 Å². The molecule has 0 aromatic heterocycles. The fourth-order valence-electron chi connectivity index (χ4n) is 1.67. The van der Waals surface area contributed by atoms with E-state index in [4.69, 9.17) is 25.2 Å². The first kappa shape index (κ1) is 19.1. The summed E-state index contributed by atoms with van der Waals surface area (Å²) in [6, 6.07) is 8.30. The molecule has 1 aliphatic rings. The SMILES string of the molecule is CC(=O)O.O=C(O)c1ccccc1.O[C@@H]1CCCC[C@H]1O. The van der Waals surface area contributed by atoms with E-state index in [-0.39, 0.29) is 0 Å².